The number of likely N-dealkylation sites (tertiary alicyclic amines) is 1. The lowest BCUT2D eigenvalue weighted by atomic mass is 9.95. The van der Waals surface area contributed by atoms with Crippen molar-refractivity contribution in [2.75, 3.05) is 13.1 Å². The molecule has 0 aliphatic carbocycles. The molecule has 0 radical (unpaired) electrons. The number of nitrogens with one attached hydrogen (secondary N) is 1. The summed E-state index contributed by atoms with van der Waals surface area (Å²) in [4.78, 5) is 35.4. The largest absolute Gasteiger partial charge is 0.369 e. The first-order valence-corrected chi connectivity index (χ1v) is 5.45. The number of amides is 3. The number of nitrogens with zero attached hydrogens (tertiary/aromatic N) is 1. The SMILES string of the molecule is NC(=O)C1CCN([C@@H]2CC(=O)NC2=O)CC1. The molecule has 16 heavy (non-hydrogen) atoms. The zero-order chi connectivity index (χ0) is 11.7. The normalized spacial score (nSPS) is 28.1. The molecular formula is C10H15N3O3. The van der Waals surface area contributed by atoms with E-state index in [2.05, 4.69) is 5.32 Å². The number of hydrogen-bond donors (Lipinski definition) is 2. The number of primary amides is 1. The Morgan fingerprint density at radius 2 is 1.94 bits per heavy atom. The number of rotatable bonds is 2. The van der Waals surface area contributed by atoms with Crippen molar-refractivity contribution in [1.29, 1.82) is 0 Å². The van der Waals surface area contributed by atoms with Crippen LogP contribution in [0.2, 0.25) is 0 Å². The van der Waals surface area contributed by atoms with E-state index in [1.54, 1.807) is 0 Å². The maximum atomic E-state index is 11.4. The molecule has 0 unspecified atom stereocenters. The Balaban J connectivity index is 1.92. The third-order valence-corrected chi connectivity index (χ3v) is 3.32. The van der Waals surface area contributed by atoms with E-state index in [1.165, 1.54) is 0 Å². The first-order valence-electron chi connectivity index (χ1n) is 5.45. The quantitative estimate of drug-likeness (QED) is 0.565. The van der Waals surface area contributed by atoms with E-state index >= 15 is 0 Å². The minimum absolute atomic E-state index is 0.0867. The van der Waals surface area contributed by atoms with Crippen LogP contribution in [0.15, 0.2) is 0 Å². The lowest BCUT2D eigenvalue weighted by Crippen LogP contribution is -2.46. The molecule has 3 amide bonds. The number of hydrogen-bond acceptors (Lipinski definition) is 4. The Morgan fingerprint density at radius 1 is 1.31 bits per heavy atom. The van der Waals surface area contributed by atoms with Gasteiger partial charge in [-0.15, -0.1) is 0 Å². The van der Waals surface area contributed by atoms with Gasteiger partial charge in [-0.1, -0.05) is 0 Å². The van der Waals surface area contributed by atoms with Crippen molar-refractivity contribution in [3.8, 4) is 0 Å². The fraction of sp³-hybridized carbons (Fsp3) is 0.700. The number of carbonyl (C=O) groups is 3. The minimum Gasteiger partial charge on any atom is -0.369 e. The maximum absolute atomic E-state index is 11.4. The van der Waals surface area contributed by atoms with Crippen molar-refractivity contribution in [2.24, 2.45) is 11.7 Å². The second-order valence-corrected chi connectivity index (χ2v) is 4.34. The third kappa shape index (κ3) is 2.06. The second-order valence-electron chi connectivity index (χ2n) is 4.34. The second kappa shape index (κ2) is 4.21. The summed E-state index contributed by atoms with van der Waals surface area (Å²) in [7, 11) is 0. The van der Waals surface area contributed by atoms with Crippen LogP contribution in [0, 0.1) is 5.92 Å². The van der Waals surface area contributed by atoms with Crippen molar-refractivity contribution in [1.82, 2.24) is 10.2 Å². The van der Waals surface area contributed by atoms with Gasteiger partial charge in [-0.25, -0.2) is 0 Å². The van der Waals surface area contributed by atoms with E-state index in [0.29, 0.717) is 25.9 Å². The first-order chi connectivity index (χ1) is 7.58. The van der Waals surface area contributed by atoms with Gasteiger partial charge in [0.05, 0.1) is 12.5 Å². The Kier molecular flexibility index (Phi) is 2.91. The molecule has 6 heteroatoms. The summed E-state index contributed by atoms with van der Waals surface area (Å²) in [6.45, 7) is 1.30. The summed E-state index contributed by atoms with van der Waals surface area (Å²) in [5.74, 6) is -0.794. The van der Waals surface area contributed by atoms with Crippen LogP contribution in [0.1, 0.15) is 19.3 Å². The summed E-state index contributed by atoms with van der Waals surface area (Å²) in [6.07, 6.45) is 1.58. The average Bonchev–Trinajstić information content (AvgIpc) is 2.58. The van der Waals surface area contributed by atoms with Gasteiger partial charge in [-0.3, -0.25) is 24.6 Å². The van der Waals surface area contributed by atoms with Gasteiger partial charge in [-0.2, -0.15) is 0 Å². The monoisotopic (exact) mass is 225 g/mol. The Hall–Kier alpha value is -1.43. The van der Waals surface area contributed by atoms with E-state index in [4.69, 9.17) is 5.73 Å². The number of imide groups is 1. The molecule has 0 aromatic rings. The van der Waals surface area contributed by atoms with Crippen LogP contribution in [0.25, 0.3) is 0 Å². The van der Waals surface area contributed by atoms with E-state index in [9.17, 15) is 14.4 Å². The van der Waals surface area contributed by atoms with Crippen LogP contribution in [0.5, 0.6) is 0 Å². The van der Waals surface area contributed by atoms with Crippen molar-refractivity contribution in [3.05, 3.63) is 0 Å². The molecular weight excluding hydrogens is 210 g/mol. The number of piperidine rings is 1. The molecule has 2 heterocycles. The van der Waals surface area contributed by atoms with Gasteiger partial charge in [0.2, 0.25) is 17.7 Å². The lowest BCUT2D eigenvalue weighted by molar-refractivity contribution is -0.126. The highest BCUT2D eigenvalue weighted by Gasteiger charge is 2.37. The van der Waals surface area contributed by atoms with Crippen molar-refractivity contribution < 1.29 is 14.4 Å². The van der Waals surface area contributed by atoms with Gasteiger partial charge < -0.3 is 5.73 Å². The lowest BCUT2D eigenvalue weighted by Gasteiger charge is -2.33. The smallest absolute Gasteiger partial charge is 0.244 e. The maximum Gasteiger partial charge on any atom is 0.244 e. The zero-order valence-electron chi connectivity index (χ0n) is 8.94. The predicted octanol–water partition coefficient (Wildman–Crippen LogP) is -1.40. The molecule has 2 aliphatic heterocycles. The highest BCUT2D eigenvalue weighted by molar-refractivity contribution is 6.05. The molecule has 2 saturated heterocycles. The molecule has 88 valence electrons. The summed E-state index contributed by atoms with van der Waals surface area (Å²) in [5.41, 5.74) is 5.22. The van der Waals surface area contributed by atoms with Crippen LogP contribution in [-0.2, 0) is 14.4 Å². The first kappa shape index (κ1) is 11.1. The van der Waals surface area contributed by atoms with Crippen molar-refractivity contribution in [3.63, 3.8) is 0 Å². The molecule has 2 fully saturated rings. The average molecular weight is 225 g/mol. The van der Waals surface area contributed by atoms with Gasteiger partial charge in [0.1, 0.15) is 0 Å². The van der Waals surface area contributed by atoms with Gasteiger partial charge in [0.25, 0.3) is 0 Å². The fourth-order valence-corrected chi connectivity index (χ4v) is 2.33. The molecule has 0 spiro atoms. The zero-order valence-corrected chi connectivity index (χ0v) is 8.94. The van der Waals surface area contributed by atoms with Gasteiger partial charge in [0.15, 0.2) is 0 Å². The summed E-state index contributed by atoms with van der Waals surface area (Å²) in [6, 6.07) is -0.346. The topological polar surface area (TPSA) is 92.5 Å². The molecule has 0 aromatic heterocycles. The standard InChI is InChI=1S/C10H15N3O3/c11-9(15)6-1-3-13(4-2-6)7-5-8(14)12-10(7)16/h6-7H,1-5H2,(H2,11,15)(H,12,14,16)/t7-/m1/s1. The Bertz CT molecular complexity index is 334. The van der Waals surface area contributed by atoms with Gasteiger partial charge in [-0.05, 0) is 25.9 Å². The van der Waals surface area contributed by atoms with E-state index < -0.39 is 0 Å². The molecule has 0 saturated carbocycles. The summed E-state index contributed by atoms with van der Waals surface area (Å²) >= 11 is 0. The van der Waals surface area contributed by atoms with Crippen LogP contribution in [0.4, 0.5) is 0 Å². The Morgan fingerprint density at radius 3 is 2.38 bits per heavy atom. The fourth-order valence-electron chi connectivity index (χ4n) is 2.33. The number of carbonyl (C=O) groups excluding carboxylic acids is 3. The number of nitrogens with two attached hydrogens (primary N) is 1. The van der Waals surface area contributed by atoms with E-state index in [1.807, 2.05) is 4.90 Å². The molecule has 2 aliphatic rings. The summed E-state index contributed by atoms with van der Waals surface area (Å²) in [5, 5.41) is 2.29. The highest BCUT2D eigenvalue weighted by atomic mass is 16.2. The molecule has 1 atom stereocenters. The van der Waals surface area contributed by atoms with Gasteiger partial charge >= 0.3 is 0 Å². The third-order valence-electron chi connectivity index (χ3n) is 3.32. The molecule has 6 nitrogen and oxygen atoms in total. The van der Waals surface area contributed by atoms with Crippen LogP contribution >= 0.6 is 0 Å². The molecule has 2 rings (SSSR count). The summed E-state index contributed by atoms with van der Waals surface area (Å²) < 4.78 is 0. The van der Waals surface area contributed by atoms with Crippen LogP contribution in [-0.4, -0.2) is 41.8 Å². The highest BCUT2D eigenvalue weighted by Crippen LogP contribution is 2.21. The minimum atomic E-state index is -0.346. The molecule has 0 aromatic carbocycles. The van der Waals surface area contributed by atoms with Crippen molar-refractivity contribution in [2.45, 2.75) is 25.3 Å². The van der Waals surface area contributed by atoms with Crippen LogP contribution < -0.4 is 11.1 Å². The molecule has 0 bridgehead atoms. The predicted molar refractivity (Wildman–Crippen MR) is 55.0 cm³/mol. The van der Waals surface area contributed by atoms with Crippen molar-refractivity contribution >= 4 is 17.7 Å². The van der Waals surface area contributed by atoms with E-state index in [0.717, 1.165) is 0 Å². The Labute approximate surface area is 93.1 Å². The van der Waals surface area contributed by atoms with Crippen LogP contribution in [0.3, 0.4) is 0 Å². The molecule has 3 N–H and O–H groups in total. The van der Waals surface area contributed by atoms with Gasteiger partial charge in [0, 0.05) is 5.92 Å². The van der Waals surface area contributed by atoms with E-state index in [-0.39, 0.29) is 36.1 Å².